The number of hydrogen-bond acceptors (Lipinski definition) is 4. The Morgan fingerprint density at radius 3 is 2.04 bits per heavy atom. The Hall–Kier alpha value is -0.160. The van der Waals surface area contributed by atoms with Gasteiger partial charge in [-0.3, -0.25) is 0 Å². The van der Waals surface area contributed by atoms with Crippen molar-refractivity contribution in [3.63, 3.8) is 0 Å². The third-order valence-corrected chi connectivity index (χ3v) is 8.38. The summed E-state index contributed by atoms with van der Waals surface area (Å²) < 4.78 is 6.50. The van der Waals surface area contributed by atoms with Crippen molar-refractivity contribution in [1.29, 1.82) is 0 Å². The molecule has 4 aliphatic rings. The van der Waals surface area contributed by atoms with Gasteiger partial charge in [0.15, 0.2) is 0 Å². The molecular formula is C24H45N3O. The van der Waals surface area contributed by atoms with Gasteiger partial charge in [0.1, 0.15) is 0 Å². The van der Waals surface area contributed by atoms with Gasteiger partial charge in [-0.1, -0.05) is 13.8 Å². The summed E-state index contributed by atoms with van der Waals surface area (Å²) in [7, 11) is 2.26. The number of hydrogen-bond donors (Lipinski definition) is 0. The van der Waals surface area contributed by atoms with Gasteiger partial charge in [0.05, 0.1) is 12.2 Å². The molecule has 0 atom stereocenters. The highest BCUT2D eigenvalue weighted by atomic mass is 16.5. The molecule has 162 valence electrons. The van der Waals surface area contributed by atoms with Crippen LogP contribution in [0.2, 0.25) is 0 Å². The molecule has 1 aliphatic carbocycles. The molecule has 3 saturated heterocycles. The lowest BCUT2D eigenvalue weighted by molar-refractivity contribution is -0.108. The lowest BCUT2D eigenvalue weighted by Gasteiger charge is -2.47. The molecule has 0 aromatic carbocycles. The maximum Gasteiger partial charge on any atom is 0.0608 e. The van der Waals surface area contributed by atoms with Crippen LogP contribution in [0, 0.1) is 17.8 Å². The smallest absolute Gasteiger partial charge is 0.0608 e. The fourth-order valence-electron chi connectivity index (χ4n) is 6.01. The molecule has 4 heteroatoms. The molecule has 4 fully saturated rings. The minimum absolute atomic E-state index is 0.534. The van der Waals surface area contributed by atoms with E-state index in [1.54, 1.807) is 0 Å². The SMILES string of the molecule is CC(C)C1CCN([C@H]2C[C@@H](OC3CCN(CC4CCN(C)CC4)CC3)C2)CC1. The Morgan fingerprint density at radius 1 is 0.786 bits per heavy atom. The highest BCUT2D eigenvalue weighted by Gasteiger charge is 2.38. The van der Waals surface area contributed by atoms with Crippen LogP contribution in [0.3, 0.4) is 0 Å². The van der Waals surface area contributed by atoms with E-state index in [0.717, 1.165) is 23.8 Å². The summed E-state index contributed by atoms with van der Waals surface area (Å²) in [5, 5.41) is 0. The number of rotatable bonds is 6. The van der Waals surface area contributed by atoms with Gasteiger partial charge < -0.3 is 19.4 Å². The van der Waals surface area contributed by atoms with Crippen molar-refractivity contribution in [2.24, 2.45) is 17.8 Å². The van der Waals surface area contributed by atoms with Crippen molar-refractivity contribution >= 4 is 0 Å². The summed E-state index contributed by atoms with van der Waals surface area (Å²) in [4.78, 5) is 7.97. The van der Waals surface area contributed by atoms with Gasteiger partial charge in [-0.15, -0.1) is 0 Å². The fraction of sp³-hybridized carbons (Fsp3) is 1.00. The van der Waals surface area contributed by atoms with Crippen molar-refractivity contribution in [3.05, 3.63) is 0 Å². The van der Waals surface area contributed by atoms with Crippen LogP contribution in [0.5, 0.6) is 0 Å². The zero-order chi connectivity index (χ0) is 19.5. The Bertz CT molecular complexity index is 454. The molecular weight excluding hydrogens is 346 g/mol. The molecule has 4 nitrogen and oxygen atoms in total. The molecule has 3 heterocycles. The van der Waals surface area contributed by atoms with Gasteiger partial charge in [0.2, 0.25) is 0 Å². The van der Waals surface area contributed by atoms with Gasteiger partial charge >= 0.3 is 0 Å². The van der Waals surface area contributed by atoms with Crippen molar-refractivity contribution in [2.45, 2.75) is 83.5 Å². The van der Waals surface area contributed by atoms with Crippen molar-refractivity contribution in [1.82, 2.24) is 14.7 Å². The van der Waals surface area contributed by atoms with Gasteiger partial charge in [-0.2, -0.15) is 0 Å². The molecule has 0 unspecified atom stereocenters. The summed E-state index contributed by atoms with van der Waals surface area (Å²) in [6.45, 7) is 13.9. The highest BCUT2D eigenvalue weighted by molar-refractivity contribution is 4.91. The van der Waals surface area contributed by atoms with E-state index in [9.17, 15) is 0 Å². The minimum atomic E-state index is 0.534. The van der Waals surface area contributed by atoms with Crippen LogP contribution in [-0.4, -0.2) is 85.8 Å². The van der Waals surface area contributed by atoms with E-state index < -0.39 is 0 Å². The Balaban J connectivity index is 1.08. The van der Waals surface area contributed by atoms with E-state index in [-0.39, 0.29) is 0 Å². The van der Waals surface area contributed by atoms with Gasteiger partial charge in [0.25, 0.3) is 0 Å². The van der Waals surface area contributed by atoms with Crippen LogP contribution < -0.4 is 0 Å². The van der Waals surface area contributed by atoms with E-state index in [2.05, 4.69) is 35.6 Å². The normalized spacial score (nSPS) is 33.4. The first kappa shape index (κ1) is 21.1. The predicted octanol–water partition coefficient (Wildman–Crippen LogP) is 3.71. The average molecular weight is 392 g/mol. The number of ether oxygens (including phenoxy) is 1. The van der Waals surface area contributed by atoms with Crippen LogP contribution in [0.15, 0.2) is 0 Å². The maximum absolute atomic E-state index is 6.50. The number of nitrogens with zero attached hydrogens (tertiary/aromatic N) is 3. The van der Waals surface area contributed by atoms with Crippen LogP contribution in [-0.2, 0) is 4.74 Å². The molecule has 0 spiro atoms. The summed E-state index contributed by atoms with van der Waals surface area (Å²) >= 11 is 0. The second-order valence-electron chi connectivity index (χ2n) is 10.7. The first-order valence-corrected chi connectivity index (χ1v) is 12.4. The molecule has 4 rings (SSSR count). The van der Waals surface area contributed by atoms with Gasteiger partial charge in [-0.25, -0.2) is 0 Å². The zero-order valence-electron chi connectivity index (χ0n) is 18.8. The quantitative estimate of drug-likeness (QED) is 0.687. The number of piperidine rings is 3. The van der Waals surface area contributed by atoms with E-state index in [4.69, 9.17) is 4.74 Å². The molecule has 0 aromatic heterocycles. The highest BCUT2D eigenvalue weighted by Crippen LogP contribution is 2.34. The summed E-state index contributed by atoms with van der Waals surface area (Å²) in [6, 6.07) is 0.822. The second-order valence-corrected chi connectivity index (χ2v) is 10.7. The molecule has 28 heavy (non-hydrogen) atoms. The van der Waals surface area contributed by atoms with Crippen molar-refractivity contribution in [2.75, 3.05) is 52.9 Å². The summed E-state index contributed by atoms with van der Waals surface area (Å²) in [5.74, 6) is 2.76. The molecule has 0 bridgehead atoms. The number of likely N-dealkylation sites (tertiary alicyclic amines) is 3. The summed E-state index contributed by atoms with van der Waals surface area (Å²) in [6.07, 6.45) is 11.8. The van der Waals surface area contributed by atoms with Crippen LogP contribution in [0.25, 0.3) is 0 Å². The largest absolute Gasteiger partial charge is 0.375 e. The Kier molecular flexibility index (Phi) is 7.35. The molecule has 3 aliphatic heterocycles. The first-order valence-electron chi connectivity index (χ1n) is 12.4. The molecule has 0 radical (unpaired) electrons. The van der Waals surface area contributed by atoms with E-state index >= 15 is 0 Å². The van der Waals surface area contributed by atoms with Gasteiger partial charge in [0, 0.05) is 25.7 Å². The molecule has 0 amide bonds. The molecule has 1 saturated carbocycles. The predicted molar refractivity (Wildman–Crippen MR) is 117 cm³/mol. The van der Waals surface area contributed by atoms with Crippen LogP contribution >= 0.6 is 0 Å². The van der Waals surface area contributed by atoms with E-state index in [1.165, 1.54) is 97.2 Å². The van der Waals surface area contributed by atoms with Crippen molar-refractivity contribution < 1.29 is 4.74 Å². The second kappa shape index (κ2) is 9.76. The first-order chi connectivity index (χ1) is 13.6. The third-order valence-electron chi connectivity index (χ3n) is 8.38. The lowest BCUT2D eigenvalue weighted by atomic mass is 9.82. The zero-order valence-corrected chi connectivity index (χ0v) is 18.8. The lowest BCUT2D eigenvalue weighted by Crippen LogP contribution is -2.52. The Labute approximate surface area is 174 Å². The summed E-state index contributed by atoms with van der Waals surface area (Å²) in [5.41, 5.74) is 0. The average Bonchev–Trinajstić information content (AvgIpc) is 2.67. The van der Waals surface area contributed by atoms with Gasteiger partial charge in [-0.05, 0) is 102 Å². The standard InChI is InChI=1S/C24H45N3O/c1-19(2)21-6-14-27(15-7-21)22-16-24(17-22)28-23-8-12-26(13-9-23)18-20-4-10-25(3)11-5-20/h19-24H,4-18H2,1-3H3/t22-,24+. The molecule has 0 aromatic rings. The third kappa shape index (κ3) is 5.50. The van der Waals surface area contributed by atoms with Crippen molar-refractivity contribution in [3.8, 4) is 0 Å². The van der Waals surface area contributed by atoms with E-state index in [1.807, 2.05) is 0 Å². The monoisotopic (exact) mass is 391 g/mol. The maximum atomic E-state index is 6.50. The molecule has 0 N–H and O–H groups in total. The fourth-order valence-corrected chi connectivity index (χ4v) is 6.01. The van der Waals surface area contributed by atoms with Crippen LogP contribution in [0.4, 0.5) is 0 Å². The Morgan fingerprint density at radius 2 is 1.43 bits per heavy atom. The van der Waals surface area contributed by atoms with Crippen LogP contribution in [0.1, 0.15) is 65.2 Å². The minimum Gasteiger partial charge on any atom is -0.375 e. The topological polar surface area (TPSA) is 19.0 Å². The van der Waals surface area contributed by atoms with E-state index in [0.29, 0.717) is 12.2 Å².